The van der Waals surface area contributed by atoms with Gasteiger partial charge in [0.1, 0.15) is 6.17 Å². The van der Waals surface area contributed by atoms with Crippen LogP contribution in [0.1, 0.15) is 30.0 Å². The van der Waals surface area contributed by atoms with Crippen LogP contribution in [0.3, 0.4) is 0 Å². The Bertz CT molecular complexity index is 1060. The number of aromatic amines is 1. The molecule has 3 unspecified atom stereocenters. The standard InChI is InChI=1S/C19H24F2N4O3/c1-8-14-16(25(10-3-4-10)19(28)23-18(14)27)9(2)17(15(8)21)24-5-11(12(20)6-24)13(22)7-26/h10-13,26H,3-7,22H2,1-2H3,(H,23,27,28). The zero-order valence-corrected chi connectivity index (χ0v) is 15.8. The minimum Gasteiger partial charge on any atom is -0.395 e. The molecule has 3 atom stereocenters. The molecule has 2 heterocycles. The number of benzene rings is 1. The molecular weight excluding hydrogens is 370 g/mol. The summed E-state index contributed by atoms with van der Waals surface area (Å²) in [6.07, 6.45) is 0.327. The number of nitrogens with zero attached hydrogens (tertiary/aromatic N) is 2. The van der Waals surface area contributed by atoms with Gasteiger partial charge in [0.25, 0.3) is 5.56 Å². The fourth-order valence-corrected chi connectivity index (χ4v) is 4.40. The topological polar surface area (TPSA) is 104 Å². The minimum atomic E-state index is -1.30. The normalized spacial score (nSPS) is 23.6. The molecular formula is C19H24F2N4O3. The Balaban J connectivity index is 1.95. The molecule has 152 valence electrons. The predicted molar refractivity (Wildman–Crippen MR) is 102 cm³/mol. The average Bonchev–Trinajstić information content (AvgIpc) is 3.40. The molecule has 9 heteroatoms. The average molecular weight is 394 g/mol. The molecule has 1 saturated heterocycles. The van der Waals surface area contributed by atoms with E-state index < -0.39 is 35.2 Å². The van der Waals surface area contributed by atoms with Crippen molar-refractivity contribution in [1.82, 2.24) is 9.55 Å². The van der Waals surface area contributed by atoms with Crippen molar-refractivity contribution in [3.63, 3.8) is 0 Å². The Labute approximate surface area is 159 Å². The van der Waals surface area contributed by atoms with Gasteiger partial charge < -0.3 is 15.7 Å². The van der Waals surface area contributed by atoms with Crippen LogP contribution < -0.4 is 21.9 Å². The Kier molecular flexibility index (Phi) is 4.54. The lowest BCUT2D eigenvalue weighted by atomic mass is 9.99. The van der Waals surface area contributed by atoms with Crippen molar-refractivity contribution in [2.24, 2.45) is 11.7 Å². The molecule has 2 fully saturated rings. The minimum absolute atomic E-state index is 0.0219. The van der Waals surface area contributed by atoms with E-state index in [1.54, 1.807) is 11.8 Å². The Morgan fingerprint density at radius 2 is 1.93 bits per heavy atom. The van der Waals surface area contributed by atoms with Crippen molar-refractivity contribution < 1.29 is 13.9 Å². The van der Waals surface area contributed by atoms with Crippen LogP contribution in [-0.2, 0) is 0 Å². The number of alkyl halides is 1. The molecule has 1 aliphatic heterocycles. The van der Waals surface area contributed by atoms with Gasteiger partial charge in [-0.15, -0.1) is 0 Å². The maximum atomic E-state index is 15.3. The molecule has 0 amide bonds. The number of rotatable bonds is 4. The van der Waals surface area contributed by atoms with Crippen molar-refractivity contribution in [1.29, 1.82) is 0 Å². The predicted octanol–water partition coefficient (Wildman–Crippen LogP) is 0.875. The van der Waals surface area contributed by atoms with Gasteiger partial charge >= 0.3 is 5.69 Å². The van der Waals surface area contributed by atoms with Crippen LogP contribution in [-0.4, -0.2) is 46.6 Å². The van der Waals surface area contributed by atoms with E-state index in [-0.39, 0.29) is 42.4 Å². The van der Waals surface area contributed by atoms with Gasteiger partial charge in [0, 0.05) is 42.2 Å². The molecule has 1 saturated carbocycles. The first-order valence-electron chi connectivity index (χ1n) is 9.48. The summed E-state index contributed by atoms with van der Waals surface area (Å²) in [4.78, 5) is 28.7. The smallest absolute Gasteiger partial charge is 0.329 e. The highest BCUT2D eigenvalue weighted by molar-refractivity contribution is 5.90. The highest BCUT2D eigenvalue weighted by Gasteiger charge is 2.39. The van der Waals surface area contributed by atoms with E-state index >= 15 is 4.39 Å². The summed E-state index contributed by atoms with van der Waals surface area (Å²) in [5.74, 6) is -1.22. The van der Waals surface area contributed by atoms with Crippen molar-refractivity contribution in [3.05, 3.63) is 37.8 Å². The van der Waals surface area contributed by atoms with Crippen molar-refractivity contribution >= 4 is 16.6 Å². The second-order valence-corrected chi connectivity index (χ2v) is 7.93. The highest BCUT2D eigenvalue weighted by atomic mass is 19.1. The van der Waals surface area contributed by atoms with Gasteiger partial charge in [-0.05, 0) is 26.7 Å². The summed E-state index contributed by atoms with van der Waals surface area (Å²) in [5, 5.41) is 9.43. The molecule has 7 nitrogen and oxygen atoms in total. The number of aryl methyl sites for hydroxylation is 2. The van der Waals surface area contributed by atoms with Crippen LogP contribution in [0.4, 0.5) is 14.5 Å². The SMILES string of the molecule is Cc1c(F)c(N2CC(F)C(C(N)CO)C2)c(C)c2c1c(=O)[nH]c(=O)n2C1CC1. The maximum absolute atomic E-state index is 15.3. The number of nitrogens with two attached hydrogens (primary N) is 1. The summed E-state index contributed by atoms with van der Waals surface area (Å²) in [5.41, 5.74) is 5.87. The zero-order valence-electron chi connectivity index (χ0n) is 15.8. The number of nitrogens with one attached hydrogen (secondary N) is 1. The number of aliphatic hydroxyl groups excluding tert-OH is 1. The molecule has 0 bridgehead atoms. The lowest BCUT2D eigenvalue weighted by Crippen LogP contribution is -2.39. The van der Waals surface area contributed by atoms with Crippen LogP contribution in [0.2, 0.25) is 0 Å². The highest BCUT2D eigenvalue weighted by Crippen LogP contribution is 2.40. The lowest BCUT2D eigenvalue weighted by Gasteiger charge is -2.25. The maximum Gasteiger partial charge on any atom is 0.329 e. The first-order chi connectivity index (χ1) is 13.3. The molecule has 1 aromatic heterocycles. The van der Waals surface area contributed by atoms with Crippen LogP contribution >= 0.6 is 0 Å². The van der Waals surface area contributed by atoms with Gasteiger partial charge in [0.2, 0.25) is 0 Å². The van der Waals surface area contributed by atoms with E-state index in [0.717, 1.165) is 12.8 Å². The van der Waals surface area contributed by atoms with E-state index in [0.29, 0.717) is 11.1 Å². The zero-order chi connectivity index (χ0) is 20.3. The number of fused-ring (bicyclic) bond motifs is 1. The summed E-state index contributed by atoms with van der Waals surface area (Å²) in [7, 11) is 0. The Morgan fingerprint density at radius 3 is 2.54 bits per heavy atom. The van der Waals surface area contributed by atoms with Crippen LogP contribution in [0.15, 0.2) is 9.59 Å². The lowest BCUT2D eigenvalue weighted by molar-refractivity contribution is 0.184. The van der Waals surface area contributed by atoms with E-state index in [4.69, 9.17) is 5.73 Å². The Hall–Kier alpha value is -2.26. The second kappa shape index (κ2) is 6.66. The summed E-state index contributed by atoms with van der Waals surface area (Å²) < 4.78 is 31.4. The van der Waals surface area contributed by atoms with Gasteiger partial charge in [-0.3, -0.25) is 14.3 Å². The van der Waals surface area contributed by atoms with Crippen molar-refractivity contribution in [3.8, 4) is 0 Å². The van der Waals surface area contributed by atoms with E-state index in [9.17, 15) is 19.1 Å². The summed E-state index contributed by atoms with van der Waals surface area (Å²) in [6.45, 7) is 2.90. The first-order valence-corrected chi connectivity index (χ1v) is 9.48. The van der Waals surface area contributed by atoms with Crippen molar-refractivity contribution in [2.75, 3.05) is 24.6 Å². The third-order valence-electron chi connectivity index (χ3n) is 6.05. The molecule has 28 heavy (non-hydrogen) atoms. The molecule has 0 radical (unpaired) electrons. The second-order valence-electron chi connectivity index (χ2n) is 7.93. The van der Waals surface area contributed by atoms with Gasteiger partial charge in [0.05, 0.1) is 23.2 Å². The van der Waals surface area contributed by atoms with Crippen molar-refractivity contribution in [2.45, 2.75) is 44.9 Å². The third kappa shape index (κ3) is 2.76. The van der Waals surface area contributed by atoms with Gasteiger partial charge in [-0.1, -0.05) is 0 Å². The molecule has 0 spiro atoms. The number of anilines is 1. The summed E-state index contributed by atoms with van der Waals surface area (Å²) in [6, 6.07) is -0.760. The molecule has 1 aromatic carbocycles. The first kappa shape index (κ1) is 19.1. The fraction of sp³-hybridized carbons (Fsp3) is 0.579. The number of aromatic nitrogens is 2. The van der Waals surface area contributed by atoms with Crippen LogP contribution in [0.5, 0.6) is 0 Å². The number of aliphatic hydroxyl groups is 1. The van der Waals surface area contributed by atoms with E-state index in [1.165, 1.54) is 11.5 Å². The van der Waals surface area contributed by atoms with Gasteiger partial charge in [-0.25, -0.2) is 13.6 Å². The fourth-order valence-electron chi connectivity index (χ4n) is 4.40. The Morgan fingerprint density at radius 1 is 1.25 bits per heavy atom. The van der Waals surface area contributed by atoms with E-state index in [2.05, 4.69) is 4.98 Å². The number of hydrogen-bond donors (Lipinski definition) is 3. The van der Waals surface area contributed by atoms with Crippen LogP contribution in [0, 0.1) is 25.6 Å². The number of H-pyrrole nitrogens is 1. The van der Waals surface area contributed by atoms with Gasteiger partial charge in [-0.2, -0.15) is 0 Å². The molecule has 2 aliphatic rings. The number of halogens is 2. The summed E-state index contributed by atoms with van der Waals surface area (Å²) >= 11 is 0. The van der Waals surface area contributed by atoms with Gasteiger partial charge in [0.15, 0.2) is 5.82 Å². The number of hydrogen-bond acceptors (Lipinski definition) is 5. The molecule has 4 rings (SSSR count). The van der Waals surface area contributed by atoms with Crippen LogP contribution in [0.25, 0.3) is 10.9 Å². The quantitative estimate of drug-likeness (QED) is 0.714. The molecule has 2 aromatic rings. The molecule has 1 aliphatic carbocycles. The largest absolute Gasteiger partial charge is 0.395 e. The molecule has 4 N–H and O–H groups in total. The monoisotopic (exact) mass is 394 g/mol. The van der Waals surface area contributed by atoms with E-state index in [1.807, 2.05) is 0 Å². The third-order valence-corrected chi connectivity index (χ3v) is 6.05.